The molecule has 8 nitrogen and oxygen atoms in total. The third-order valence-electron chi connectivity index (χ3n) is 4.34. The lowest BCUT2D eigenvalue weighted by Gasteiger charge is -2.12. The number of pyridine rings is 2. The fourth-order valence-electron chi connectivity index (χ4n) is 2.95. The van der Waals surface area contributed by atoms with Gasteiger partial charge in [-0.3, -0.25) is 9.52 Å². The number of aromatic hydroxyl groups is 1. The quantitative estimate of drug-likeness (QED) is 0.446. The van der Waals surface area contributed by atoms with Crippen molar-refractivity contribution in [1.82, 2.24) is 9.71 Å². The second kappa shape index (κ2) is 6.95. The molecular weight excluding hydrogens is 394 g/mol. The first kappa shape index (κ1) is 18.5. The predicted octanol–water partition coefficient (Wildman–Crippen LogP) is 2.81. The van der Waals surface area contributed by atoms with E-state index in [1.165, 1.54) is 0 Å². The van der Waals surface area contributed by atoms with E-state index < -0.39 is 21.3 Å². The highest BCUT2D eigenvalue weighted by molar-refractivity contribution is 7.92. The van der Waals surface area contributed by atoms with E-state index in [0.717, 1.165) is 12.3 Å². The molecule has 9 heteroatoms. The van der Waals surface area contributed by atoms with Gasteiger partial charge in [-0.25, -0.2) is 13.4 Å². The Bertz CT molecular complexity index is 1370. The first-order valence-corrected chi connectivity index (χ1v) is 9.97. The highest BCUT2D eigenvalue weighted by atomic mass is 32.2. The third-order valence-corrected chi connectivity index (χ3v) is 5.69. The molecule has 0 radical (unpaired) electrons. The van der Waals surface area contributed by atoms with Gasteiger partial charge in [0.25, 0.3) is 15.6 Å². The predicted molar refractivity (Wildman–Crippen MR) is 108 cm³/mol. The van der Waals surface area contributed by atoms with Crippen molar-refractivity contribution in [1.29, 1.82) is 0 Å². The Labute approximate surface area is 165 Å². The highest BCUT2D eigenvalue weighted by Crippen LogP contribution is 2.33. The third kappa shape index (κ3) is 3.27. The SMILES string of the molecule is O=c1c(-c2ccccc2)c(O)c2cc(S(=O)(=O)Nc3ccccc3)cnc2n1O. The summed E-state index contributed by atoms with van der Waals surface area (Å²) in [5, 5.41) is 20.8. The Morgan fingerprint density at radius 1 is 0.966 bits per heavy atom. The molecule has 0 aliphatic heterocycles. The number of nitrogens with zero attached hydrogens (tertiary/aromatic N) is 2. The lowest BCUT2D eigenvalue weighted by Crippen LogP contribution is -2.21. The number of hydrogen-bond donors (Lipinski definition) is 3. The summed E-state index contributed by atoms with van der Waals surface area (Å²) in [7, 11) is -4.01. The van der Waals surface area contributed by atoms with Gasteiger partial charge in [0.2, 0.25) is 0 Å². The van der Waals surface area contributed by atoms with Crippen LogP contribution in [0.1, 0.15) is 0 Å². The van der Waals surface area contributed by atoms with Crippen molar-refractivity contribution in [3.63, 3.8) is 0 Å². The van der Waals surface area contributed by atoms with Crippen molar-refractivity contribution in [2.45, 2.75) is 4.90 Å². The lowest BCUT2D eigenvalue weighted by atomic mass is 10.0. The molecule has 2 heterocycles. The van der Waals surface area contributed by atoms with Crippen LogP contribution in [0, 0.1) is 0 Å². The zero-order valence-corrected chi connectivity index (χ0v) is 15.7. The second-order valence-electron chi connectivity index (χ2n) is 6.22. The van der Waals surface area contributed by atoms with E-state index in [1.54, 1.807) is 60.7 Å². The summed E-state index contributed by atoms with van der Waals surface area (Å²) in [6.07, 6.45) is 1.00. The average molecular weight is 409 g/mol. The van der Waals surface area contributed by atoms with Gasteiger partial charge in [-0.05, 0) is 23.8 Å². The van der Waals surface area contributed by atoms with Crippen LogP contribution in [0.3, 0.4) is 0 Å². The Balaban J connectivity index is 1.91. The number of anilines is 1. The van der Waals surface area contributed by atoms with Gasteiger partial charge in [0, 0.05) is 11.9 Å². The van der Waals surface area contributed by atoms with E-state index in [9.17, 15) is 23.5 Å². The summed E-state index contributed by atoms with van der Waals surface area (Å²) < 4.78 is 28.1. The molecule has 146 valence electrons. The molecule has 0 saturated heterocycles. The van der Waals surface area contributed by atoms with E-state index in [-0.39, 0.29) is 21.5 Å². The number of nitrogens with one attached hydrogen (secondary N) is 1. The molecule has 4 aromatic rings. The zero-order chi connectivity index (χ0) is 20.6. The van der Waals surface area contributed by atoms with Crippen molar-refractivity contribution in [3.8, 4) is 16.9 Å². The van der Waals surface area contributed by atoms with Gasteiger partial charge >= 0.3 is 0 Å². The van der Waals surface area contributed by atoms with Crippen LogP contribution in [0.5, 0.6) is 5.75 Å². The van der Waals surface area contributed by atoms with Crippen molar-refractivity contribution < 1.29 is 18.7 Å². The normalized spacial score (nSPS) is 11.4. The van der Waals surface area contributed by atoms with Gasteiger partial charge in [-0.2, -0.15) is 0 Å². The summed E-state index contributed by atoms with van der Waals surface area (Å²) >= 11 is 0. The van der Waals surface area contributed by atoms with Crippen molar-refractivity contribution >= 4 is 26.7 Å². The number of rotatable bonds is 4. The van der Waals surface area contributed by atoms with Crippen LogP contribution in [0.25, 0.3) is 22.2 Å². The minimum Gasteiger partial charge on any atom is -0.506 e. The maximum absolute atomic E-state index is 12.7. The Morgan fingerprint density at radius 2 is 1.59 bits per heavy atom. The first-order chi connectivity index (χ1) is 13.9. The van der Waals surface area contributed by atoms with Crippen molar-refractivity contribution in [3.05, 3.63) is 83.3 Å². The van der Waals surface area contributed by atoms with Crippen LogP contribution in [0.15, 0.2) is 82.6 Å². The van der Waals surface area contributed by atoms with Crippen LogP contribution in [0.2, 0.25) is 0 Å². The van der Waals surface area contributed by atoms with Crippen molar-refractivity contribution in [2.24, 2.45) is 0 Å². The summed E-state index contributed by atoms with van der Waals surface area (Å²) in [5.74, 6) is -0.467. The van der Waals surface area contributed by atoms with Crippen LogP contribution in [0.4, 0.5) is 5.69 Å². The topological polar surface area (TPSA) is 122 Å². The number of hydrogen-bond acceptors (Lipinski definition) is 6. The molecule has 0 aliphatic carbocycles. The molecule has 0 atom stereocenters. The molecule has 0 saturated carbocycles. The summed E-state index contributed by atoms with van der Waals surface area (Å²) in [5.41, 5.74) is -0.560. The van der Waals surface area contributed by atoms with Crippen LogP contribution in [-0.2, 0) is 10.0 Å². The summed E-state index contributed by atoms with van der Waals surface area (Å²) in [6, 6.07) is 17.7. The standard InChI is InChI=1S/C20H15N3O5S/c24-18-16-11-15(29(27,28)22-14-9-5-2-6-10-14)12-21-19(16)23(26)20(25)17(18)13-7-3-1-4-8-13/h1-12,22,24,26H. The van der Waals surface area contributed by atoms with E-state index >= 15 is 0 Å². The fraction of sp³-hybridized carbons (Fsp3) is 0. The molecule has 0 unspecified atom stereocenters. The number of sulfonamides is 1. The number of benzene rings is 2. The van der Waals surface area contributed by atoms with Gasteiger partial charge in [0.15, 0.2) is 5.65 Å². The minimum atomic E-state index is -4.01. The Hall–Kier alpha value is -3.85. The van der Waals surface area contributed by atoms with Gasteiger partial charge in [0.1, 0.15) is 10.6 Å². The largest absolute Gasteiger partial charge is 0.506 e. The van der Waals surface area contributed by atoms with E-state index in [4.69, 9.17) is 0 Å². The van der Waals surface area contributed by atoms with Crippen molar-refractivity contribution in [2.75, 3.05) is 4.72 Å². The molecule has 0 fully saturated rings. The summed E-state index contributed by atoms with van der Waals surface area (Å²) in [4.78, 5) is 16.2. The van der Waals surface area contributed by atoms with Gasteiger partial charge in [-0.1, -0.05) is 48.5 Å². The van der Waals surface area contributed by atoms with Gasteiger partial charge < -0.3 is 10.3 Å². The monoisotopic (exact) mass is 409 g/mol. The van der Waals surface area contributed by atoms with E-state index in [1.807, 2.05) is 0 Å². The maximum atomic E-state index is 12.7. The summed E-state index contributed by atoms with van der Waals surface area (Å²) in [6.45, 7) is 0. The minimum absolute atomic E-state index is 0.0816. The Kier molecular flexibility index (Phi) is 4.44. The lowest BCUT2D eigenvalue weighted by molar-refractivity contribution is 0.186. The number of fused-ring (bicyclic) bond motifs is 1. The molecule has 0 bridgehead atoms. The molecule has 3 N–H and O–H groups in total. The van der Waals surface area contributed by atoms with Gasteiger partial charge in [-0.15, -0.1) is 4.73 Å². The molecule has 0 aliphatic rings. The number of aromatic nitrogens is 2. The second-order valence-corrected chi connectivity index (χ2v) is 7.90. The molecule has 2 aromatic heterocycles. The Morgan fingerprint density at radius 3 is 2.24 bits per heavy atom. The molecule has 2 aromatic carbocycles. The molecule has 0 amide bonds. The van der Waals surface area contributed by atoms with Crippen LogP contribution >= 0.6 is 0 Å². The van der Waals surface area contributed by atoms with Gasteiger partial charge in [0.05, 0.1) is 10.9 Å². The highest BCUT2D eigenvalue weighted by Gasteiger charge is 2.22. The molecule has 4 rings (SSSR count). The molecule has 0 spiro atoms. The first-order valence-electron chi connectivity index (χ1n) is 8.49. The molecule has 29 heavy (non-hydrogen) atoms. The van der Waals surface area contributed by atoms with Crippen LogP contribution < -0.4 is 10.3 Å². The zero-order valence-electron chi connectivity index (χ0n) is 14.9. The number of para-hydroxylation sites is 1. The maximum Gasteiger partial charge on any atom is 0.296 e. The van der Waals surface area contributed by atoms with E-state index in [0.29, 0.717) is 16.0 Å². The smallest absolute Gasteiger partial charge is 0.296 e. The van der Waals surface area contributed by atoms with Crippen LogP contribution in [-0.4, -0.2) is 28.4 Å². The molecular formula is C20H15N3O5S. The van der Waals surface area contributed by atoms with E-state index in [2.05, 4.69) is 9.71 Å². The average Bonchev–Trinajstić information content (AvgIpc) is 2.73. The fourth-order valence-corrected chi connectivity index (χ4v) is 3.98.